The van der Waals surface area contributed by atoms with Gasteiger partial charge < -0.3 is 19.9 Å². The van der Waals surface area contributed by atoms with Gasteiger partial charge in [0, 0.05) is 40.1 Å². The fraction of sp³-hybridized carbons (Fsp3) is 0.241. The maximum Gasteiger partial charge on any atom is 0.336 e. The van der Waals surface area contributed by atoms with Gasteiger partial charge in [-0.25, -0.2) is 4.79 Å². The Morgan fingerprint density at radius 2 is 1.89 bits per heavy atom. The van der Waals surface area contributed by atoms with Crippen molar-refractivity contribution in [2.45, 2.75) is 31.6 Å². The van der Waals surface area contributed by atoms with E-state index in [4.69, 9.17) is 9.47 Å². The van der Waals surface area contributed by atoms with Gasteiger partial charge in [0.1, 0.15) is 24.7 Å². The Morgan fingerprint density at radius 1 is 1.06 bits per heavy atom. The summed E-state index contributed by atoms with van der Waals surface area (Å²) >= 11 is 1.65. The molecule has 2 aromatic carbocycles. The standard InChI is InChI=1S/C29H27NO5S/c1-18-26(29(33)35-13-12-34-22-9-3-2-4-10-22)27(19-7-5-8-21(31)15-19)28-23(30-18)16-20(17-24(28)32)25-11-6-14-36-25/h2-11,14-15,20,27,30-31H,12-13,16-17H2,1H3/t20-,27-/m1/s1. The van der Waals surface area contributed by atoms with Crippen molar-refractivity contribution in [2.24, 2.45) is 0 Å². The molecule has 0 saturated heterocycles. The molecule has 0 saturated carbocycles. The highest BCUT2D eigenvalue weighted by Gasteiger charge is 2.41. The second-order valence-electron chi connectivity index (χ2n) is 8.93. The molecule has 0 fully saturated rings. The van der Waals surface area contributed by atoms with Crippen LogP contribution < -0.4 is 10.1 Å². The number of para-hydroxylation sites is 1. The summed E-state index contributed by atoms with van der Waals surface area (Å²) in [5.41, 5.74) is 3.11. The molecule has 0 spiro atoms. The number of esters is 1. The molecule has 36 heavy (non-hydrogen) atoms. The van der Waals surface area contributed by atoms with Crippen LogP contribution in [-0.4, -0.2) is 30.1 Å². The minimum absolute atomic E-state index is 0.000652. The molecule has 184 valence electrons. The lowest BCUT2D eigenvalue weighted by atomic mass is 9.72. The van der Waals surface area contributed by atoms with Gasteiger partial charge in [-0.05, 0) is 54.6 Å². The van der Waals surface area contributed by atoms with Crippen molar-refractivity contribution in [2.75, 3.05) is 13.2 Å². The van der Waals surface area contributed by atoms with Crippen LogP contribution in [0.4, 0.5) is 0 Å². The topological polar surface area (TPSA) is 84.9 Å². The van der Waals surface area contributed by atoms with Crippen molar-refractivity contribution in [3.63, 3.8) is 0 Å². The zero-order valence-corrected chi connectivity index (χ0v) is 20.7. The molecule has 2 aliphatic rings. The molecule has 1 aliphatic heterocycles. The smallest absolute Gasteiger partial charge is 0.336 e. The molecule has 2 atom stereocenters. The van der Waals surface area contributed by atoms with E-state index in [9.17, 15) is 14.7 Å². The third kappa shape index (κ3) is 4.93. The first kappa shape index (κ1) is 23.9. The van der Waals surface area contributed by atoms with Crippen LogP contribution in [0.15, 0.2) is 94.7 Å². The Labute approximate surface area is 213 Å². The Hall–Kier alpha value is -3.84. The lowest BCUT2D eigenvalue weighted by Crippen LogP contribution is -2.36. The molecular formula is C29H27NO5S. The monoisotopic (exact) mass is 501 g/mol. The maximum atomic E-state index is 13.5. The van der Waals surface area contributed by atoms with Crippen LogP contribution in [0.5, 0.6) is 11.5 Å². The van der Waals surface area contributed by atoms with E-state index in [2.05, 4.69) is 11.4 Å². The Kier molecular flexibility index (Phi) is 6.91. The van der Waals surface area contributed by atoms with Crippen molar-refractivity contribution in [3.8, 4) is 11.5 Å². The van der Waals surface area contributed by atoms with Crippen LogP contribution in [0, 0.1) is 0 Å². The van der Waals surface area contributed by atoms with Gasteiger partial charge >= 0.3 is 5.97 Å². The first-order chi connectivity index (χ1) is 17.5. The number of carbonyl (C=O) groups is 2. The molecule has 3 aromatic rings. The van der Waals surface area contributed by atoms with Gasteiger partial charge in [-0.3, -0.25) is 4.79 Å². The van der Waals surface area contributed by atoms with Gasteiger partial charge in [0.15, 0.2) is 5.78 Å². The summed E-state index contributed by atoms with van der Waals surface area (Å²) in [6, 6.07) is 20.1. The lowest BCUT2D eigenvalue weighted by molar-refractivity contribution is -0.140. The quantitative estimate of drug-likeness (QED) is 0.331. The van der Waals surface area contributed by atoms with E-state index in [0.717, 1.165) is 5.70 Å². The van der Waals surface area contributed by atoms with Gasteiger partial charge in [-0.15, -0.1) is 11.3 Å². The fourth-order valence-electron chi connectivity index (χ4n) is 4.96. The number of hydrogen-bond acceptors (Lipinski definition) is 7. The number of ether oxygens (including phenoxy) is 2. The Morgan fingerprint density at radius 3 is 2.64 bits per heavy atom. The zero-order chi connectivity index (χ0) is 25.1. The number of benzene rings is 2. The van der Waals surface area contributed by atoms with E-state index in [-0.39, 0.29) is 30.7 Å². The second-order valence-corrected chi connectivity index (χ2v) is 9.90. The SMILES string of the molecule is CC1=C(C(=O)OCCOc2ccccc2)[C@@H](c2cccc(O)c2)C2=C(C[C@@H](c3cccs3)CC2=O)N1. The molecule has 6 nitrogen and oxygen atoms in total. The van der Waals surface area contributed by atoms with Crippen LogP contribution in [0.25, 0.3) is 0 Å². The van der Waals surface area contributed by atoms with E-state index in [1.54, 1.807) is 29.5 Å². The second kappa shape index (κ2) is 10.4. The first-order valence-electron chi connectivity index (χ1n) is 11.9. The molecule has 0 bridgehead atoms. The van der Waals surface area contributed by atoms with Gasteiger partial charge in [0.25, 0.3) is 0 Å². The molecule has 0 radical (unpaired) electrons. The summed E-state index contributed by atoms with van der Waals surface area (Å²) in [4.78, 5) is 28.1. The number of dihydropyridines is 1. The highest BCUT2D eigenvalue weighted by atomic mass is 32.1. The van der Waals surface area contributed by atoms with Gasteiger partial charge in [-0.2, -0.15) is 0 Å². The fourth-order valence-corrected chi connectivity index (χ4v) is 5.79. The highest BCUT2D eigenvalue weighted by molar-refractivity contribution is 7.10. The largest absolute Gasteiger partial charge is 0.508 e. The molecule has 2 N–H and O–H groups in total. The van der Waals surface area contributed by atoms with Gasteiger partial charge in [0.2, 0.25) is 0 Å². The number of hydrogen-bond donors (Lipinski definition) is 2. The number of carbonyl (C=O) groups excluding carboxylic acids is 2. The number of Topliss-reactive ketones (excluding diaryl/α,β-unsaturated/α-hetero) is 1. The van der Waals surface area contributed by atoms with Crippen LogP contribution >= 0.6 is 11.3 Å². The van der Waals surface area contributed by atoms with Gasteiger partial charge in [-0.1, -0.05) is 36.4 Å². The normalized spacial score (nSPS) is 19.5. The number of phenols is 1. The Balaban J connectivity index is 1.41. The van der Waals surface area contributed by atoms with Crippen molar-refractivity contribution in [1.82, 2.24) is 5.32 Å². The number of thiophene rings is 1. The number of aromatic hydroxyl groups is 1. The Bertz CT molecular complexity index is 1330. The summed E-state index contributed by atoms with van der Waals surface area (Å²) in [7, 11) is 0. The molecule has 5 rings (SSSR count). The van der Waals surface area contributed by atoms with E-state index >= 15 is 0 Å². The number of ketones is 1. The summed E-state index contributed by atoms with van der Waals surface area (Å²) in [6.07, 6.45) is 1.06. The van der Waals surface area contributed by atoms with Gasteiger partial charge in [0.05, 0.1) is 5.57 Å². The minimum atomic E-state index is -0.618. The maximum absolute atomic E-state index is 13.5. The number of nitrogens with one attached hydrogen (secondary N) is 1. The summed E-state index contributed by atoms with van der Waals surface area (Å²) in [5, 5.41) is 15.6. The van der Waals surface area contributed by atoms with Crippen molar-refractivity contribution >= 4 is 23.1 Å². The average Bonchev–Trinajstić information content (AvgIpc) is 3.41. The molecule has 0 amide bonds. The molecule has 1 aromatic heterocycles. The molecule has 0 unspecified atom stereocenters. The first-order valence-corrected chi connectivity index (χ1v) is 12.8. The van der Waals surface area contributed by atoms with E-state index < -0.39 is 11.9 Å². The van der Waals surface area contributed by atoms with Crippen LogP contribution in [-0.2, 0) is 14.3 Å². The van der Waals surface area contributed by atoms with Crippen LogP contribution in [0.3, 0.4) is 0 Å². The van der Waals surface area contributed by atoms with Crippen LogP contribution in [0.2, 0.25) is 0 Å². The highest BCUT2D eigenvalue weighted by Crippen LogP contribution is 2.46. The predicted octanol–water partition coefficient (Wildman–Crippen LogP) is 5.44. The van der Waals surface area contributed by atoms with E-state index in [1.165, 1.54) is 4.88 Å². The molecule has 7 heteroatoms. The lowest BCUT2D eigenvalue weighted by Gasteiger charge is -2.36. The van der Waals surface area contributed by atoms with E-state index in [0.29, 0.717) is 41.0 Å². The summed E-state index contributed by atoms with van der Waals surface area (Å²) in [6.45, 7) is 2.11. The van der Waals surface area contributed by atoms with Crippen molar-refractivity contribution in [3.05, 3.63) is 105 Å². The number of allylic oxidation sites excluding steroid dienone is 3. The average molecular weight is 502 g/mol. The number of rotatable bonds is 7. The molecule has 1 aliphatic carbocycles. The summed E-state index contributed by atoms with van der Waals surface area (Å²) < 4.78 is 11.2. The zero-order valence-electron chi connectivity index (χ0n) is 19.9. The van der Waals surface area contributed by atoms with Crippen molar-refractivity contribution < 1.29 is 24.2 Å². The molecule has 2 heterocycles. The molecular weight excluding hydrogens is 474 g/mol. The van der Waals surface area contributed by atoms with Crippen LogP contribution in [0.1, 0.15) is 42.0 Å². The third-order valence-electron chi connectivity index (χ3n) is 6.53. The van der Waals surface area contributed by atoms with E-state index in [1.807, 2.05) is 54.8 Å². The summed E-state index contributed by atoms with van der Waals surface area (Å²) in [5.74, 6) is -0.249. The third-order valence-corrected chi connectivity index (χ3v) is 7.56. The van der Waals surface area contributed by atoms with Crippen molar-refractivity contribution in [1.29, 1.82) is 0 Å². The number of phenolic OH excluding ortho intramolecular Hbond substituents is 1. The minimum Gasteiger partial charge on any atom is -0.508 e. The predicted molar refractivity (Wildman–Crippen MR) is 138 cm³/mol.